The quantitative estimate of drug-likeness (QED) is 0.748. The van der Waals surface area contributed by atoms with Crippen LogP contribution in [0.5, 0.6) is 0 Å². The van der Waals surface area contributed by atoms with Crippen LogP contribution in [0.1, 0.15) is 12.0 Å². The van der Waals surface area contributed by atoms with Crippen LogP contribution in [0.2, 0.25) is 5.02 Å². The summed E-state index contributed by atoms with van der Waals surface area (Å²) in [4.78, 5) is 10.4. The number of hydrogen-bond donors (Lipinski definition) is 2. The number of rotatable bonds is 3. The van der Waals surface area contributed by atoms with E-state index in [1.165, 1.54) is 0 Å². The minimum atomic E-state index is -0.358. The summed E-state index contributed by atoms with van der Waals surface area (Å²) in [7, 11) is 0. The summed E-state index contributed by atoms with van der Waals surface area (Å²) in [5.74, 6) is -0.358. The van der Waals surface area contributed by atoms with E-state index in [9.17, 15) is 4.79 Å². The number of nitrogens with two attached hydrogens (primary N) is 2. The van der Waals surface area contributed by atoms with Crippen LogP contribution >= 0.6 is 11.6 Å². The van der Waals surface area contributed by atoms with Crippen LogP contribution in [0.25, 0.3) is 6.08 Å². The number of primary amides is 1. The van der Waals surface area contributed by atoms with Crippen molar-refractivity contribution in [1.29, 1.82) is 0 Å². The number of carbonyl (C=O) groups excluding carboxylic acids is 1. The van der Waals surface area contributed by atoms with Crippen molar-refractivity contribution in [2.75, 3.05) is 5.73 Å². The van der Waals surface area contributed by atoms with Crippen molar-refractivity contribution in [3.8, 4) is 0 Å². The van der Waals surface area contributed by atoms with Crippen molar-refractivity contribution in [2.45, 2.75) is 6.42 Å². The van der Waals surface area contributed by atoms with Gasteiger partial charge in [-0.05, 0) is 17.7 Å². The van der Waals surface area contributed by atoms with Crippen molar-refractivity contribution in [3.63, 3.8) is 0 Å². The van der Waals surface area contributed by atoms with Crippen LogP contribution in [0, 0.1) is 0 Å². The maximum atomic E-state index is 10.4. The molecule has 0 aliphatic heterocycles. The third kappa shape index (κ3) is 3.11. The van der Waals surface area contributed by atoms with E-state index in [0.29, 0.717) is 10.7 Å². The second kappa shape index (κ2) is 4.67. The highest BCUT2D eigenvalue weighted by Gasteiger charge is 1.95. The second-order valence-electron chi connectivity index (χ2n) is 2.85. The summed E-state index contributed by atoms with van der Waals surface area (Å²) >= 11 is 5.74. The highest BCUT2D eigenvalue weighted by Crippen LogP contribution is 2.20. The molecule has 0 saturated carbocycles. The molecule has 4 N–H and O–H groups in total. The zero-order valence-electron chi connectivity index (χ0n) is 7.53. The van der Waals surface area contributed by atoms with Crippen LogP contribution < -0.4 is 11.5 Å². The van der Waals surface area contributed by atoms with Gasteiger partial charge in [0.1, 0.15) is 0 Å². The van der Waals surface area contributed by atoms with Crippen molar-refractivity contribution in [3.05, 3.63) is 34.9 Å². The van der Waals surface area contributed by atoms with Crippen LogP contribution in [-0.4, -0.2) is 5.91 Å². The minimum absolute atomic E-state index is 0.225. The van der Waals surface area contributed by atoms with Crippen molar-refractivity contribution >= 4 is 29.3 Å². The molecule has 0 saturated heterocycles. The molecular weight excluding hydrogens is 200 g/mol. The SMILES string of the molecule is NC(=O)CC=Cc1ccc(Cl)c(N)c1. The Morgan fingerprint density at radius 2 is 2.21 bits per heavy atom. The monoisotopic (exact) mass is 210 g/mol. The summed E-state index contributed by atoms with van der Waals surface area (Å²) in [5, 5.41) is 0.525. The molecule has 14 heavy (non-hydrogen) atoms. The Bertz CT molecular complexity index is 374. The number of carbonyl (C=O) groups is 1. The third-order valence-electron chi connectivity index (χ3n) is 1.65. The maximum absolute atomic E-state index is 10.4. The van der Waals surface area contributed by atoms with E-state index in [1.807, 2.05) is 6.07 Å². The van der Waals surface area contributed by atoms with E-state index >= 15 is 0 Å². The van der Waals surface area contributed by atoms with Crippen molar-refractivity contribution in [1.82, 2.24) is 0 Å². The van der Waals surface area contributed by atoms with Gasteiger partial charge in [0.2, 0.25) is 5.91 Å². The fourth-order valence-corrected chi connectivity index (χ4v) is 1.09. The van der Waals surface area contributed by atoms with Gasteiger partial charge in [0.15, 0.2) is 0 Å². The van der Waals surface area contributed by atoms with Crippen molar-refractivity contribution in [2.24, 2.45) is 5.73 Å². The molecule has 0 aliphatic carbocycles. The van der Waals surface area contributed by atoms with Gasteiger partial charge in [-0.1, -0.05) is 29.8 Å². The average Bonchev–Trinajstić information content (AvgIpc) is 2.10. The Labute approximate surface area is 87.3 Å². The largest absolute Gasteiger partial charge is 0.398 e. The van der Waals surface area contributed by atoms with Crippen LogP contribution in [0.4, 0.5) is 5.69 Å². The van der Waals surface area contributed by atoms with Crippen LogP contribution in [0.15, 0.2) is 24.3 Å². The zero-order chi connectivity index (χ0) is 10.6. The number of halogens is 1. The van der Waals surface area contributed by atoms with Gasteiger partial charge in [-0.25, -0.2) is 0 Å². The van der Waals surface area contributed by atoms with E-state index in [2.05, 4.69) is 0 Å². The number of nitrogen functional groups attached to an aromatic ring is 1. The molecule has 0 aromatic heterocycles. The number of hydrogen-bond acceptors (Lipinski definition) is 2. The van der Waals surface area contributed by atoms with E-state index in [0.717, 1.165) is 5.56 Å². The van der Waals surface area contributed by atoms with Gasteiger partial charge in [0.05, 0.1) is 10.7 Å². The molecule has 0 aliphatic rings. The Morgan fingerprint density at radius 1 is 1.50 bits per heavy atom. The molecule has 0 heterocycles. The summed E-state index contributed by atoms with van der Waals surface area (Å²) in [6, 6.07) is 5.26. The van der Waals surface area contributed by atoms with E-state index < -0.39 is 0 Å². The minimum Gasteiger partial charge on any atom is -0.398 e. The predicted molar refractivity (Wildman–Crippen MR) is 58.7 cm³/mol. The summed E-state index contributed by atoms with van der Waals surface area (Å²) in [6.07, 6.45) is 3.69. The molecule has 0 bridgehead atoms. The third-order valence-corrected chi connectivity index (χ3v) is 1.99. The Kier molecular flexibility index (Phi) is 3.54. The maximum Gasteiger partial charge on any atom is 0.221 e. The lowest BCUT2D eigenvalue weighted by Gasteiger charge is -1.98. The smallest absolute Gasteiger partial charge is 0.221 e. The summed E-state index contributed by atoms with van der Waals surface area (Å²) in [6.45, 7) is 0. The molecule has 1 aromatic carbocycles. The van der Waals surface area contributed by atoms with Gasteiger partial charge in [0, 0.05) is 6.42 Å². The first-order valence-electron chi connectivity index (χ1n) is 4.09. The highest BCUT2D eigenvalue weighted by atomic mass is 35.5. The second-order valence-corrected chi connectivity index (χ2v) is 3.26. The van der Waals surface area contributed by atoms with Gasteiger partial charge in [-0.3, -0.25) is 4.79 Å². The first-order chi connectivity index (χ1) is 6.59. The number of amides is 1. The molecule has 74 valence electrons. The lowest BCUT2D eigenvalue weighted by molar-refractivity contribution is -0.117. The first-order valence-corrected chi connectivity index (χ1v) is 4.47. The Morgan fingerprint density at radius 3 is 2.79 bits per heavy atom. The van der Waals surface area contributed by atoms with E-state index in [1.54, 1.807) is 24.3 Å². The van der Waals surface area contributed by atoms with Gasteiger partial charge in [-0.15, -0.1) is 0 Å². The number of benzene rings is 1. The molecule has 0 radical (unpaired) electrons. The lowest BCUT2D eigenvalue weighted by Crippen LogP contribution is -2.07. The molecule has 0 spiro atoms. The topological polar surface area (TPSA) is 69.1 Å². The van der Waals surface area contributed by atoms with Gasteiger partial charge >= 0.3 is 0 Å². The molecule has 1 aromatic rings. The molecule has 1 rings (SSSR count). The van der Waals surface area contributed by atoms with Crippen LogP contribution in [-0.2, 0) is 4.79 Å². The van der Waals surface area contributed by atoms with Gasteiger partial charge in [-0.2, -0.15) is 0 Å². The predicted octanol–water partition coefficient (Wildman–Crippen LogP) is 1.81. The molecular formula is C10H11ClN2O. The summed E-state index contributed by atoms with van der Waals surface area (Å²) < 4.78 is 0. The molecule has 0 fully saturated rings. The normalized spacial score (nSPS) is 10.6. The molecule has 4 heteroatoms. The summed E-state index contributed by atoms with van der Waals surface area (Å²) in [5.41, 5.74) is 12.0. The van der Waals surface area contributed by atoms with E-state index in [4.69, 9.17) is 23.1 Å². The molecule has 0 unspecified atom stereocenters. The van der Waals surface area contributed by atoms with E-state index in [-0.39, 0.29) is 12.3 Å². The van der Waals surface area contributed by atoms with Crippen LogP contribution in [0.3, 0.4) is 0 Å². The molecule has 3 nitrogen and oxygen atoms in total. The fourth-order valence-electron chi connectivity index (χ4n) is 0.977. The average molecular weight is 211 g/mol. The Balaban J connectivity index is 2.73. The first kappa shape index (κ1) is 10.6. The fraction of sp³-hybridized carbons (Fsp3) is 0.100. The van der Waals surface area contributed by atoms with Gasteiger partial charge in [0.25, 0.3) is 0 Å². The number of anilines is 1. The zero-order valence-corrected chi connectivity index (χ0v) is 8.29. The van der Waals surface area contributed by atoms with Gasteiger partial charge < -0.3 is 11.5 Å². The molecule has 1 amide bonds. The molecule has 0 atom stereocenters. The Hall–Kier alpha value is -1.48. The van der Waals surface area contributed by atoms with Crippen molar-refractivity contribution < 1.29 is 4.79 Å². The lowest BCUT2D eigenvalue weighted by atomic mass is 10.2. The standard InChI is InChI=1S/C10H11ClN2O/c11-8-5-4-7(6-9(8)12)2-1-3-10(13)14/h1-2,4-6H,3,12H2,(H2,13,14). The highest BCUT2D eigenvalue weighted by molar-refractivity contribution is 6.33.